The highest BCUT2D eigenvalue weighted by Gasteiger charge is 2.05. The maximum atomic E-state index is 12.0. The Morgan fingerprint density at radius 1 is 1.20 bits per heavy atom. The molecule has 0 N–H and O–H groups in total. The van der Waals surface area contributed by atoms with Gasteiger partial charge in [0, 0.05) is 17.8 Å². The van der Waals surface area contributed by atoms with Crippen molar-refractivity contribution >= 4 is 22.0 Å². The van der Waals surface area contributed by atoms with E-state index in [4.69, 9.17) is 4.42 Å². The fourth-order valence-corrected chi connectivity index (χ4v) is 1.54. The minimum Gasteiger partial charge on any atom is -0.460 e. The zero-order valence-corrected chi connectivity index (χ0v) is 7.68. The number of pyridine rings is 1. The third kappa shape index (κ3) is 1.11. The quantitative estimate of drug-likeness (QED) is 0.552. The number of nitrogens with zero attached hydrogens (tertiary/aromatic N) is 2. The molecule has 0 saturated heterocycles. The molecule has 3 rings (SSSR count). The van der Waals surface area contributed by atoms with Crippen LogP contribution in [0.1, 0.15) is 0 Å². The summed E-state index contributed by atoms with van der Waals surface area (Å²) in [6.07, 6.45) is 4.68. The molecule has 0 saturated carbocycles. The van der Waals surface area contributed by atoms with Gasteiger partial charge in [0.15, 0.2) is 11.2 Å². The molecule has 0 aliphatic carbocycles. The van der Waals surface area contributed by atoms with Crippen molar-refractivity contribution in [3.8, 4) is 0 Å². The summed E-state index contributed by atoms with van der Waals surface area (Å²) in [5.74, 6) is 0. The Morgan fingerprint density at radius 2 is 2.13 bits per heavy atom. The van der Waals surface area contributed by atoms with Gasteiger partial charge in [-0.2, -0.15) is 0 Å². The van der Waals surface area contributed by atoms with E-state index in [9.17, 15) is 4.79 Å². The molecule has 0 aliphatic rings. The molecule has 3 aromatic heterocycles. The van der Waals surface area contributed by atoms with Crippen LogP contribution in [-0.2, 0) is 0 Å². The Morgan fingerprint density at radius 3 is 3.07 bits per heavy atom. The van der Waals surface area contributed by atoms with Gasteiger partial charge in [-0.3, -0.25) is 4.79 Å². The molecule has 0 bridgehead atoms. The van der Waals surface area contributed by atoms with Gasteiger partial charge in [-0.05, 0) is 18.2 Å². The molecule has 0 spiro atoms. The molecular weight excluding hydrogens is 192 g/mol. The Kier molecular flexibility index (Phi) is 1.56. The van der Waals surface area contributed by atoms with Crippen LogP contribution in [0.3, 0.4) is 0 Å². The molecule has 4 nitrogen and oxygen atoms in total. The molecule has 4 heteroatoms. The predicted molar refractivity (Wildman–Crippen MR) is 55.6 cm³/mol. The zero-order valence-electron chi connectivity index (χ0n) is 7.68. The first-order valence-corrected chi connectivity index (χ1v) is 4.47. The lowest BCUT2D eigenvalue weighted by Crippen LogP contribution is -1.97. The van der Waals surface area contributed by atoms with E-state index in [0.717, 1.165) is 0 Å². The molecular formula is C11H6N2O2. The van der Waals surface area contributed by atoms with Crippen molar-refractivity contribution in [2.45, 2.75) is 0 Å². The molecule has 3 aromatic rings. The average molecular weight is 198 g/mol. The van der Waals surface area contributed by atoms with Gasteiger partial charge >= 0.3 is 0 Å². The first kappa shape index (κ1) is 8.11. The van der Waals surface area contributed by atoms with Gasteiger partial charge in [0.1, 0.15) is 0 Å². The summed E-state index contributed by atoms with van der Waals surface area (Å²) in [6.45, 7) is 0. The van der Waals surface area contributed by atoms with Gasteiger partial charge in [0.25, 0.3) is 0 Å². The van der Waals surface area contributed by atoms with Crippen LogP contribution in [0, 0.1) is 0 Å². The van der Waals surface area contributed by atoms with Crippen molar-refractivity contribution in [2.75, 3.05) is 0 Å². The van der Waals surface area contributed by atoms with E-state index in [0.29, 0.717) is 22.0 Å². The maximum Gasteiger partial charge on any atom is 0.232 e. The summed E-state index contributed by atoms with van der Waals surface area (Å²) < 4.78 is 5.14. The lowest BCUT2D eigenvalue weighted by Gasteiger charge is -1.85. The second kappa shape index (κ2) is 2.88. The van der Waals surface area contributed by atoms with Gasteiger partial charge in [0.05, 0.1) is 11.6 Å². The van der Waals surface area contributed by atoms with Crippen molar-refractivity contribution < 1.29 is 4.42 Å². The van der Waals surface area contributed by atoms with Crippen molar-refractivity contribution in [2.24, 2.45) is 0 Å². The molecule has 0 aliphatic heterocycles. The second-order valence-corrected chi connectivity index (χ2v) is 3.17. The van der Waals surface area contributed by atoms with Gasteiger partial charge in [-0.1, -0.05) is 0 Å². The number of rotatable bonds is 0. The van der Waals surface area contributed by atoms with Crippen LogP contribution in [0.2, 0.25) is 0 Å². The first-order valence-electron chi connectivity index (χ1n) is 4.47. The largest absolute Gasteiger partial charge is 0.460 e. The van der Waals surface area contributed by atoms with Gasteiger partial charge < -0.3 is 4.42 Å². The van der Waals surface area contributed by atoms with Gasteiger partial charge in [-0.15, -0.1) is 0 Å². The normalized spacial score (nSPS) is 10.9. The minimum absolute atomic E-state index is 0.171. The molecule has 0 atom stereocenters. The summed E-state index contributed by atoms with van der Waals surface area (Å²) >= 11 is 0. The Labute approximate surface area is 84.2 Å². The van der Waals surface area contributed by atoms with Crippen molar-refractivity contribution in [3.63, 3.8) is 0 Å². The average Bonchev–Trinajstić information content (AvgIpc) is 2.69. The summed E-state index contributed by atoms with van der Waals surface area (Å²) in [5, 5.41) is 1.17. The van der Waals surface area contributed by atoms with Crippen LogP contribution < -0.4 is 5.43 Å². The van der Waals surface area contributed by atoms with Crippen LogP contribution in [0.4, 0.5) is 0 Å². The third-order valence-electron chi connectivity index (χ3n) is 2.26. The summed E-state index contributed by atoms with van der Waals surface area (Å²) in [5.41, 5.74) is 0.593. The van der Waals surface area contributed by atoms with Crippen molar-refractivity contribution in [1.29, 1.82) is 0 Å². The number of hydrogen-bond donors (Lipinski definition) is 0. The Bertz CT molecular complexity index is 703. The molecule has 0 radical (unpaired) electrons. The van der Waals surface area contributed by atoms with Crippen molar-refractivity contribution in [3.05, 3.63) is 47.1 Å². The van der Waals surface area contributed by atoms with E-state index < -0.39 is 0 Å². The molecule has 0 amide bonds. The standard InChI is InChI=1S/C11H6N2O2/c14-9-8-2-1-4-12-11(8)13-6-7-3-5-15-10(7)9/h1-6H. The van der Waals surface area contributed by atoms with E-state index in [1.165, 1.54) is 6.26 Å². The van der Waals surface area contributed by atoms with Crippen LogP contribution >= 0.6 is 0 Å². The highest BCUT2D eigenvalue weighted by Crippen LogP contribution is 2.11. The number of aromatic nitrogens is 2. The Balaban J connectivity index is 2.71. The number of furan rings is 1. The zero-order chi connectivity index (χ0) is 10.3. The van der Waals surface area contributed by atoms with Crippen LogP contribution in [0.15, 0.2) is 46.1 Å². The Hall–Kier alpha value is -2.23. The van der Waals surface area contributed by atoms with Crippen LogP contribution in [-0.4, -0.2) is 9.97 Å². The minimum atomic E-state index is -0.171. The summed E-state index contributed by atoms with van der Waals surface area (Å²) in [7, 11) is 0. The van der Waals surface area contributed by atoms with E-state index in [1.54, 1.807) is 30.6 Å². The third-order valence-corrected chi connectivity index (χ3v) is 2.26. The molecule has 15 heavy (non-hydrogen) atoms. The number of fused-ring (bicyclic) bond motifs is 2. The first-order chi connectivity index (χ1) is 7.36. The van der Waals surface area contributed by atoms with E-state index in [2.05, 4.69) is 9.97 Å². The maximum absolute atomic E-state index is 12.0. The molecule has 0 aromatic carbocycles. The van der Waals surface area contributed by atoms with Crippen molar-refractivity contribution in [1.82, 2.24) is 9.97 Å². The van der Waals surface area contributed by atoms with Gasteiger partial charge in [0.2, 0.25) is 5.43 Å². The molecule has 0 fully saturated rings. The summed E-state index contributed by atoms with van der Waals surface area (Å²) in [6, 6.07) is 5.11. The van der Waals surface area contributed by atoms with Crippen LogP contribution in [0.5, 0.6) is 0 Å². The predicted octanol–water partition coefficient (Wildman–Crippen LogP) is 1.74. The summed E-state index contributed by atoms with van der Waals surface area (Å²) in [4.78, 5) is 20.1. The molecule has 3 heterocycles. The second-order valence-electron chi connectivity index (χ2n) is 3.17. The van der Waals surface area contributed by atoms with E-state index in [-0.39, 0.29) is 5.43 Å². The smallest absolute Gasteiger partial charge is 0.232 e. The fraction of sp³-hybridized carbons (Fsp3) is 0. The molecule has 0 unspecified atom stereocenters. The highest BCUT2D eigenvalue weighted by atomic mass is 16.3. The number of hydrogen-bond acceptors (Lipinski definition) is 4. The SMILES string of the molecule is O=c1c2cccnc2ncc2ccoc12. The van der Waals surface area contributed by atoms with E-state index >= 15 is 0 Å². The topological polar surface area (TPSA) is 56.0 Å². The van der Waals surface area contributed by atoms with Gasteiger partial charge in [-0.25, -0.2) is 9.97 Å². The van der Waals surface area contributed by atoms with Crippen LogP contribution in [0.25, 0.3) is 22.0 Å². The van der Waals surface area contributed by atoms with E-state index in [1.807, 2.05) is 0 Å². The molecule has 72 valence electrons. The lowest BCUT2D eigenvalue weighted by molar-refractivity contribution is 0.614. The monoisotopic (exact) mass is 198 g/mol. The highest BCUT2D eigenvalue weighted by molar-refractivity contribution is 5.85. The fourth-order valence-electron chi connectivity index (χ4n) is 1.54. The lowest BCUT2D eigenvalue weighted by atomic mass is 10.3.